The Balaban J connectivity index is 1.94. The van der Waals surface area contributed by atoms with E-state index in [1.54, 1.807) is 0 Å². The third-order valence-corrected chi connectivity index (χ3v) is 4.77. The van der Waals surface area contributed by atoms with E-state index in [0.29, 0.717) is 18.8 Å². The first-order chi connectivity index (χ1) is 9.66. The van der Waals surface area contributed by atoms with Crippen LogP contribution in [-0.4, -0.2) is 19.4 Å². The zero-order chi connectivity index (χ0) is 14.1. The first-order valence-electron chi connectivity index (χ1n) is 7.51. The summed E-state index contributed by atoms with van der Waals surface area (Å²) in [6, 6.07) is 2.81. The average molecular weight is 340 g/mol. The quantitative estimate of drug-likeness (QED) is 0.903. The second-order valence-electron chi connectivity index (χ2n) is 6.00. The fourth-order valence-corrected chi connectivity index (χ4v) is 3.83. The standard InChI is InChI=1S/C16H22BrNO2/c1-10(2)14-11(7-12-5-3-4-6-18-12)8-13(17)15-16(14)20-9-19-15/h8,10,12,18H,3-7,9H2,1-2H3. The monoisotopic (exact) mass is 339 g/mol. The van der Waals surface area contributed by atoms with E-state index >= 15 is 0 Å². The average Bonchev–Trinajstić information content (AvgIpc) is 2.89. The summed E-state index contributed by atoms with van der Waals surface area (Å²) < 4.78 is 12.3. The maximum atomic E-state index is 5.73. The number of fused-ring (bicyclic) bond motifs is 1. The lowest BCUT2D eigenvalue weighted by molar-refractivity contribution is 0.172. The van der Waals surface area contributed by atoms with Crippen LogP contribution >= 0.6 is 15.9 Å². The minimum atomic E-state index is 0.332. The van der Waals surface area contributed by atoms with Crippen molar-refractivity contribution < 1.29 is 9.47 Å². The third kappa shape index (κ3) is 2.68. The van der Waals surface area contributed by atoms with Gasteiger partial charge in [-0.05, 0) is 59.3 Å². The van der Waals surface area contributed by atoms with Gasteiger partial charge in [-0.15, -0.1) is 0 Å². The van der Waals surface area contributed by atoms with E-state index in [1.807, 2.05) is 0 Å². The minimum absolute atomic E-state index is 0.332. The SMILES string of the molecule is CC(C)c1c(CC2CCCCN2)cc(Br)c2c1OCO2. The molecule has 20 heavy (non-hydrogen) atoms. The number of hydrogen-bond acceptors (Lipinski definition) is 3. The second-order valence-corrected chi connectivity index (χ2v) is 6.86. The van der Waals surface area contributed by atoms with Crippen LogP contribution in [0.5, 0.6) is 11.5 Å². The van der Waals surface area contributed by atoms with Gasteiger partial charge in [0, 0.05) is 11.6 Å². The van der Waals surface area contributed by atoms with E-state index in [0.717, 1.165) is 28.9 Å². The van der Waals surface area contributed by atoms with Crippen LogP contribution in [0.3, 0.4) is 0 Å². The van der Waals surface area contributed by atoms with E-state index in [2.05, 4.69) is 41.2 Å². The third-order valence-electron chi connectivity index (χ3n) is 4.18. The summed E-state index contributed by atoms with van der Waals surface area (Å²) in [4.78, 5) is 0. The Morgan fingerprint density at radius 1 is 1.30 bits per heavy atom. The molecule has 1 saturated heterocycles. The Labute approximate surface area is 129 Å². The first-order valence-corrected chi connectivity index (χ1v) is 8.30. The van der Waals surface area contributed by atoms with Crippen LogP contribution in [0.2, 0.25) is 0 Å². The van der Waals surface area contributed by atoms with E-state index in [4.69, 9.17) is 9.47 Å². The molecule has 1 atom stereocenters. The van der Waals surface area contributed by atoms with Crippen LogP contribution in [0, 0.1) is 0 Å². The van der Waals surface area contributed by atoms with Crippen molar-refractivity contribution in [3.05, 3.63) is 21.7 Å². The highest BCUT2D eigenvalue weighted by Gasteiger charge is 2.27. The second kappa shape index (κ2) is 5.94. The molecule has 1 N–H and O–H groups in total. The fraction of sp³-hybridized carbons (Fsp3) is 0.625. The Bertz CT molecular complexity index is 496. The van der Waals surface area contributed by atoms with Gasteiger partial charge in [-0.3, -0.25) is 0 Å². The molecular formula is C16H22BrNO2. The van der Waals surface area contributed by atoms with E-state index < -0.39 is 0 Å². The van der Waals surface area contributed by atoms with Crippen molar-refractivity contribution in [3.63, 3.8) is 0 Å². The number of nitrogens with one attached hydrogen (secondary N) is 1. The first kappa shape index (κ1) is 14.2. The van der Waals surface area contributed by atoms with Crippen molar-refractivity contribution in [2.24, 2.45) is 0 Å². The predicted molar refractivity (Wildman–Crippen MR) is 83.7 cm³/mol. The van der Waals surface area contributed by atoms with Crippen LogP contribution in [0.25, 0.3) is 0 Å². The molecule has 0 aromatic heterocycles. The smallest absolute Gasteiger partial charge is 0.231 e. The van der Waals surface area contributed by atoms with Gasteiger partial charge in [0.25, 0.3) is 0 Å². The molecule has 1 aromatic rings. The van der Waals surface area contributed by atoms with Crippen LogP contribution in [0.1, 0.15) is 50.2 Å². The molecule has 0 amide bonds. The molecule has 1 fully saturated rings. The van der Waals surface area contributed by atoms with Gasteiger partial charge in [0.1, 0.15) is 0 Å². The lowest BCUT2D eigenvalue weighted by Gasteiger charge is -2.25. The van der Waals surface area contributed by atoms with Gasteiger partial charge in [-0.1, -0.05) is 20.3 Å². The molecule has 110 valence electrons. The lowest BCUT2D eigenvalue weighted by Crippen LogP contribution is -2.35. The molecule has 3 rings (SSSR count). The van der Waals surface area contributed by atoms with Crippen molar-refractivity contribution in [2.45, 2.75) is 51.5 Å². The summed E-state index contributed by atoms with van der Waals surface area (Å²) in [5, 5.41) is 3.63. The number of ether oxygens (including phenoxy) is 2. The number of hydrogen-bond donors (Lipinski definition) is 1. The van der Waals surface area contributed by atoms with E-state index in [1.165, 1.54) is 30.4 Å². The Hall–Kier alpha value is -0.740. The summed E-state index contributed by atoms with van der Waals surface area (Å²) in [6.07, 6.45) is 4.98. The highest BCUT2D eigenvalue weighted by Crippen LogP contribution is 2.46. The van der Waals surface area contributed by atoms with Crippen molar-refractivity contribution in [1.29, 1.82) is 0 Å². The summed E-state index contributed by atoms with van der Waals surface area (Å²) in [7, 11) is 0. The summed E-state index contributed by atoms with van der Waals surface area (Å²) >= 11 is 3.62. The number of halogens is 1. The largest absolute Gasteiger partial charge is 0.453 e. The fourth-order valence-electron chi connectivity index (χ4n) is 3.26. The molecule has 2 aliphatic heterocycles. The molecule has 0 radical (unpaired) electrons. The van der Waals surface area contributed by atoms with Crippen LogP contribution < -0.4 is 14.8 Å². The van der Waals surface area contributed by atoms with Crippen LogP contribution in [0.4, 0.5) is 0 Å². The molecule has 0 bridgehead atoms. The minimum Gasteiger partial charge on any atom is -0.453 e. The molecule has 0 spiro atoms. The number of piperidine rings is 1. The molecule has 2 heterocycles. The van der Waals surface area contributed by atoms with Gasteiger partial charge in [0.05, 0.1) is 4.47 Å². The van der Waals surface area contributed by atoms with Gasteiger partial charge in [-0.2, -0.15) is 0 Å². The van der Waals surface area contributed by atoms with Crippen molar-refractivity contribution in [1.82, 2.24) is 5.32 Å². The van der Waals surface area contributed by atoms with Crippen molar-refractivity contribution in [2.75, 3.05) is 13.3 Å². The maximum absolute atomic E-state index is 5.73. The molecule has 0 saturated carbocycles. The Kier molecular flexibility index (Phi) is 4.22. The van der Waals surface area contributed by atoms with Crippen LogP contribution in [-0.2, 0) is 6.42 Å². The molecule has 2 aliphatic rings. The molecule has 0 aliphatic carbocycles. The predicted octanol–water partition coefficient (Wildman–Crippen LogP) is 3.99. The highest BCUT2D eigenvalue weighted by atomic mass is 79.9. The zero-order valence-electron chi connectivity index (χ0n) is 12.2. The van der Waals surface area contributed by atoms with Crippen molar-refractivity contribution in [3.8, 4) is 11.5 Å². The van der Waals surface area contributed by atoms with Crippen molar-refractivity contribution >= 4 is 15.9 Å². The molecule has 3 nitrogen and oxygen atoms in total. The van der Waals surface area contributed by atoms with Gasteiger partial charge >= 0.3 is 0 Å². The Morgan fingerprint density at radius 2 is 2.10 bits per heavy atom. The van der Waals surface area contributed by atoms with Gasteiger partial charge in [0.2, 0.25) is 6.79 Å². The van der Waals surface area contributed by atoms with E-state index in [9.17, 15) is 0 Å². The summed E-state index contributed by atoms with van der Waals surface area (Å²) in [6.45, 7) is 5.93. The topological polar surface area (TPSA) is 30.5 Å². The molecule has 4 heteroatoms. The number of benzene rings is 1. The van der Waals surface area contributed by atoms with E-state index in [-0.39, 0.29) is 0 Å². The highest BCUT2D eigenvalue weighted by molar-refractivity contribution is 9.10. The number of rotatable bonds is 3. The Morgan fingerprint density at radius 3 is 2.80 bits per heavy atom. The van der Waals surface area contributed by atoms with Gasteiger partial charge < -0.3 is 14.8 Å². The molecule has 1 aromatic carbocycles. The van der Waals surface area contributed by atoms with Crippen LogP contribution in [0.15, 0.2) is 10.5 Å². The maximum Gasteiger partial charge on any atom is 0.231 e. The normalized spacial score (nSPS) is 21.5. The summed E-state index contributed by atoms with van der Waals surface area (Å²) in [5.41, 5.74) is 2.70. The van der Waals surface area contributed by atoms with Gasteiger partial charge in [-0.25, -0.2) is 0 Å². The zero-order valence-corrected chi connectivity index (χ0v) is 13.8. The molecule has 1 unspecified atom stereocenters. The summed E-state index contributed by atoms with van der Waals surface area (Å²) in [5.74, 6) is 2.26. The van der Waals surface area contributed by atoms with Gasteiger partial charge in [0.15, 0.2) is 11.5 Å². The lowest BCUT2D eigenvalue weighted by atomic mass is 9.89. The molecular weight excluding hydrogens is 318 g/mol.